The number of anilines is 1. The number of carboxylic acid groups (broad SMARTS) is 2. The number of benzene rings is 2. The van der Waals surface area contributed by atoms with Crippen LogP contribution in [0.2, 0.25) is 0 Å². The molecule has 0 bridgehead atoms. The minimum atomic E-state index is -4.47. The summed E-state index contributed by atoms with van der Waals surface area (Å²) in [6.07, 6.45) is 0. The van der Waals surface area contributed by atoms with Crippen molar-refractivity contribution in [2.45, 2.75) is 4.90 Å². The molecule has 0 saturated carbocycles. The lowest BCUT2D eigenvalue weighted by molar-refractivity contribution is -0.136. The van der Waals surface area contributed by atoms with Crippen LogP contribution >= 0.6 is 0 Å². The van der Waals surface area contributed by atoms with Crippen LogP contribution in [0.4, 0.5) is 5.69 Å². The monoisotopic (exact) mass is 339 g/mol. The average Bonchev–Trinajstić information content (AvgIpc) is 2.43. The van der Waals surface area contributed by atoms with Gasteiger partial charge in [0, 0.05) is 16.5 Å². The van der Waals surface area contributed by atoms with Gasteiger partial charge in [-0.05, 0) is 12.1 Å². The third kappa shape index (κ3) is 3.76. The van der Waals surface area contributed by atoms with Crippen molar-refractivity contribution in [2.24, 2.45) is 0 Å². The van der Waals surface area contributed by atoms with Crippen LogP contribution in [0.1, 0.15) is 0 Å². The molecule has 0 aliphatic rings. The van der Waals surface area contributed by atoms with Gasteiger partial charge >= 0.3 is 11.9 Å². The maximum Gasteiger partial charge on any atom is 0.323 e. The number of carbonyl (C=O) groups is 2. The lowest BCUT2D eigenvalue weighted by atomic mass is 10.1. The molecule has 3 N–H and O–H groups in total. The molecule has 2 aromatic rings. The van der Waals surface area contributed by atoms with E-state index in [0.717, 1.165) is 11.0 Å². The summed E-state index contributed by atoms with van der Waals surface area (Å²) < 4.78 is 32.2. The second kappa shape index (κ2) is 6.23. The minimum absolute atomic E-state index is 0.174. The Bertz CT molecular complexity index is 860. The highest BCUT2D eigenvalue weighted by atomic mass is 32.2. The Hall–Kier alpha value is -2.65. The first-order chi connectivity index (χ1) is 10.7. The summed E-state index contributed by atoms with van der Waals surface area (Å²) in [5.41, 5.74) is 0.248. The standard InChI is InChI=1S/C14H13NO7S/c16-13(17)7-15(8-14(18)19)11-5-6-12(23(20,21)22)10-4-2-1-3-9(10)11/h1-6H,7-8H2,(H,16,17)(H,18,19)(H,20,21,22). The smallest absolute Gasteiger partial charge is 0.323 e. The van der Waals surface area contributed by atoms with E-state index in [1.54, 1.807) is 12.1 Å². The molecule has 9 heteroatoms. The first kappa shape index (κ1) is 16.7. The highest BCUT2D eigenvalue weighted by molar-refractivity contribution is 7.86. The molecule has 0 amide bonds. The van der Waals surface area contributed by atoms with Gasteiger partial charge in [0.15, 0.2) is 0 Å². The average molecular weight is 339 g/mol. The van der Waals surface area contributed by atoms with Gasteiger partial charge in [0.1, 0.15) is 18.0 Å². The highest BCUT2D eigenvalue weighted by Crippen LogP contribution is 2.31. The Kier molecular flexibility index (Phi) is 4.52. The van der Waals surface area contributed by atoms with Crippen LogP contribution in [0.5, 0.6) is 0 Å². The van der Waals surface area contributed by atoms with Crippen LogP contribution in [-0.2, 0) is 19.7 Å². The van der Waals surface area contributed by atoms with E-state index in [1.807, 2.05) is 0 Å². The summed E-state index contributed by atoms with van der Waals surface area (Å²) in [5.74, 6) is -2.46. The zero-order valence-electron chi connectivity index (χ0n) is 11.7. The van der Waals surface area contributed by atoms with E-state index in [4.69, 9.17) is 10.2 Å². The molecule has 2 rings (SSSR count). The third-order valence-corrected chi connectivity index (χ3v) is 4.04. The summed E-state index contributed by atoms with van der Waals surface area (Å²) in [7, 11) is -4.47. The molecule has 0 aliphatic carbocycles. The maximum atomic E-state index is 11.4. The number of hydrogen-bond donors (Lipinski definition) is 3. The lowest BCUT2D eigenvalue weighted by Gasteiger charge is -2.23. The molecular weight excluding hydrogens is 326 g/mol. The Morgan fingerprint density at radius 2 is 1.43 bits per heavy atom. The molecule has 8 nitrogen and oxygen atoms in total. The van der Waals surface area contributed by atoms with Gasteiger partial charge in [-0.1, -0.05) is 24.3 Å². The molecule has 0 radical (unpaired) electrons. The predicted molar refractivity (Wildman–Crippen MR) is 81.2 cm³/mol. The van der Waals surface area contributed by atoms with Crippen LogP contribution in [-0.4, -0.2) is 48.2 Å². The van der Waals surface area contributed by atoms with Crippen molar-refractivity contribution in [1.29, 1.82) is 0 Å². The molecule has 0 aromatic heterocycles. The summed E-state index contributed by atoms with van der Waals surface area (Å²) >= 11 is 0. The van der Waals surface area contributed by atoms with E-state index in [2.05, 4.69) is 0 Å². The van der Waals surface area contributed by atoms with Crippen molar-refractivity contribution in [1.82, 2.24) is 0 Å². The number of fused-ring (bicyclic) bond motifs is 1. The first-order valence-electron chi connectivity index (χ1n) is 6.38. The predicted octanol–water partition coefficient (Wildman–Crippen LogP) is 1.06. The fraction of sp³-hybridized carbons (Fsp3) is 0.143. The Balaban J connectivity index is 2.69. The van der Waals surface area contributed by atoms with Gasteiger partial charge in [-0.25, -0.2) is 0 Å². The maximum absolute atomic E-state index is 11.4. The molecule has 122 valence electrons. The SMILES string of the molecule is O=C(O)CN(CC(=O)O)c1ccc(S(=O)(=O)O)c2ccccc12. The van der Waals surface area contributed by atoms with Crippen LogP contribution < -0.4 is 4.90 Å². The van der Waals surface area contributed by atoms with E-state index >= 15 is 0 Å². The summed E-state index contributed by atoms with van der Waals surface area (Å²) in [6.45, 7) is -1.14. The molecule has 0 saturated heterocycles. The van der Waals surface area contributed by atoms with Crippen molar-refractivity contribution in [3.63, 3.8) is 0 Å². The summed E-state index contributed by atoms with van der Waals surface area (Å²) in [6, 6.07) is 8.51. The molecule has 0 spiro atoms. The van der Waals surface area contributed by atoms with Crippen molar-refractivity contribution >= 4 is 38.5 Å². The first-order valence-corrected chi connectivity index (χ1v) is 7.82. The van der Waals surface area contributed by atoms with Gasteiger partial charge < -0.3 is 15.1 Å². The lowest BCUT2D eigenvalue weighted by Crippen LogP contribution is -2.34. The van der Waals surface area contributed by atoms with Gasteiger partial charge in [0.05, 0.1) is 0 Å². The fourth-order valence-corrected chi connectivity index (χ4v) is 3.00. The Labute approximate surface area is 131 Å². The number of hydrogen-bond acceptors (Lipinski definition) is 5. The largest absolute Gasteiger partial charge is 0.480 e. The van der Waals surface area contributed by atoms with Gasteiger partial charge in [-0.15, -0.1) is 0 Å². The van der Waals surface area contributed by atoms with E-state index in [1.165, 1.54) is 18.2 Å². The van der Waals surface area contributed by atoms with Crippen LogP contribution in [0.15, 0.2) is 41.3 Å². The zero-order valence-corrected chi connectivity index (χ0v) is 12.5. The van der Waals surface area contributed by atoms with E-state index < -0.39 is 35.1 Å². The second-order valence-corrected chi connectivity index (χ2v) is 6.14. The zero-order chi connectivity index (χ0) is 17.2. The van der Waals surface area contributed by atoms with E-state index in [-0.39, 0.29) is 16.0 Å². The normalized spacial score (nSPS) is 11.3. The van der Waals surface area contributed by atoms with Crippen molar-refractivity contribution in [2.75, 3.05) is 18.0 Å². The number of rotatable bonds is 6. The van der Waals surface area contributed by atoms with Gasteiger partial charge in [0.2, 0.25) is 0 Å². The van der Waals surface area contributed by atoms with Gasteiger partial charge in [-0.2, -0.15) is 8.42 Å². The van der Waals surface area contributed by atoms with E-state index in [0.29, 0.717) is 5.39 Å². The quantitative estimate of drug-likeness (QED) is 0.666. The Morgan fingerprint density at radius 1 is 0.913 bits per heavy atom. The van der Waals surface area contributed by atoms with Crippen LogP contribution in [0, 0.1) is 0 Å². The summed E-state index contributed by atoms with van der Waals surface area (Å²) in [4.78, 5) is 22.7. The van der Waals surface area contributed by atoms with Crippen molar-refractivity contribution in [3.8, 4) is 0 Å². The van der Waals surface area contributed by atoms with Crippen LogP contribution in [0.25, 0.3) is 10.8 Å². The molecule has 0 fully saturated rings. The molecule has 0 atom stereocenters. The number of nitrogens with zero attached hydrogens (tertiary/aromatic N) is 1. The molecule has 0 heterocycles. The van der Waals surface area contributed by atoms with Gasteiger partial charge in [-0.3, -0.25) is 14.1 Å². The molecule has 2 aromatic carbocycles. The topological polar surface area (TPSA) is 132 Å². The molecule has 0 unspecified atom stereocenters. The highest BCUT2D eigenvalue weighted by Gasteiger charge is 2.20. The number of aliphatic carboxylic acids is 2. The van der Waals surface area contributed by atoms with E-state index in [9.17, 15) is 22.6 Å². The molecular formula is C14H13NO7S. The minimum Gasteiger partial charge on any atom is -0.480 e. The van der Waals surface area contributed by atoms with Gasteiger partial charge in [0.25, 0.3) is 10.1 Å². The second-order valence-electron chi connectivity index (χ2n) is 4.75. The van der Waals surface area contributed by atoms with Crippen molar-refractivity contribution in [3.05, 3.63) is 36.4 Å². The van der Waals surface area contributed by atoms with Crippen molar-refractivity contribution < 1.29 is 32.8 Å². The Morgan fingerprint density at radius 3 is 1.91 bits per heavy atom. The fourth-order valence-electron chi connectivity index (χ4n) is 2.31. The number of carboxylic acids is 2. The third-order valence-electron chi connectivity index (χ3n) is 3.13. The van der Waals surface area contributed by atoms with Crippen LogP contribution in [0.3, 0.4) is 0 Å². The summed E-state index contributed by atoms with van der Waals surface area (Å²) in [5, 5.41) is 18.4. The molecule has 23 heavy (non-hydrogen) atoms. The molecule has 0 aliphatic heterocycles.